The summed E-state index contributed by atoms with van der Waals surface area (Å²) in [6, 6.07) is 4.59. The Bertz CT molecular complexity index is 418. The van der Waals surface area contributed by atoms with Gasteiger partial charge in [0.2, 0.25) is 5.91 Å². The number of anilines is 1. The second kappa shape index (κ2) is 6.50. The van der Waals surface area contributed by atoms with Crippen molar-refractivity contribution >= 4 is 11.6 Å². The van der Waals surface area contributed by atoms with Gasteiger partial charge in [0.25, 0.3) is 0 Å². The highest BCUT2D eigenvalue weighted by atomic mass is 19.1. The van der Waals surface area contributed by atoms with Crippen LogP contribution < -0.4 is 10.6 Å². The lowest BCUT2D eigenvalue weighted by Crippen LogP contribution is -2.34. The Labute approximate surface area is 108 Å². The number of rotatable bonds is 5. The molecule has 0 saturated carbocycles. The molecule has 0 aliphatic carbocycles. The van der Waals surface area contributed by atoms with E-state index < -0.39 is 0 Å². The number of hydrogen-bond donors (Lipinski definition) is 2. The molecule has 0 aliphatic heterocycles. The summed E-state index contributed by atoms with van der Waals surface area (Å²) in [6.07, 6.45) is 0. The van der Waals surface area contributed by atoms with Crippen molar-refractivity contribution < 1.29 is 9.18 Å². The number of halogens is 1. The van der Waals surface area contributed by atoms with Gasteiger partial charge >= 0.3 is 0 Å². The fourth-order valence-corrected chi connectivity index (χ4v) is 1.81. The quantitative estimate of drug-likeness (QED) is 0.845. The average Bonchev–Trinajstić information content (AvgIpc) is 2.30. The van der Waals surface area contributed by atoms with Gasteiger partial charge in [-0.15, -0.1) is 0 Å². The largest absolute Gasteiger partial charge is 0.326 e. The average molecular weight is 252 g/mol. The minimum atomic E-state index is -0.261. The van der Waals surface area contributed by atoms with Gasteiger partial charge in [-0.3, -0.25) is 4.79 Å². The van der Waals surface area contributed by atoms with E-state index in [1.165, 1.54) is 6.07 Å². The van der Waals surface area contributed by atoms with Crippen molar-refractivity contribution in [3.63, 3.8) is 0 Å². The number of carbonyl (C=O) groups is 1. The van der Waals surface area contributed by atoms with Crippen LogP contribution in [0.3, 0.4) is 0 Å². The Kier molecular flexibility index (Phi) is 5.28. The standard InChI is InChI=1S/C14H21FN2O/c1-9(2)12(8-16-4)14(18)17-11-5-6-13(15)10(3)7-11/h5-7,9,12,16H,8H2,1-4H3,(H,17,18). The van der Waals surface area contributed by atoms with E-state index in [0.29, 0.717) is 17.8 Å². The van der Waals surface area contributed by atoms with Crippen LogP contribution in [0.1, 0.15) is 19.4 Å². The number of nitrogens with one attached hydrogen (secondary N) is 2. The molecule has 4 heteroatoms. The van der Waals surface area contributed by atoms with Gasteiger partial charge in [-0.1, -0.05) is 13.8 Å². The molecule has 2 N–H and O–H groups in total. The highest BCUT2D eigenvalue weighted by Crippen LogP contribution is 2.17. The van der Waals surface area contributed by atoms with Gasteiger partial charge in [0.15, 0.2) is 0 Å². The molecule has 0 heterocycles. The molecule has 3 nitrogen and oxygen atoms in total. The number of carbonyl (C=O) groups excluding carboxylic acids is 1. The summed E-state index contributed by atoms with van der Waals surface area (Å²) in [5.74, 6) is -0.145. The second-order valence-electron chi connectivity index (χ2n) is 4.86. The topological polar surface area (TPSA) is 41.1 Å². The third-order valence-electron chi connectivity index (χ3n) is 2.99. The molecule has 1 unspecified atom stereocenters. The van der Waals surface area contributed by atoms with E-state index in [0.717, 1.165) is 0 Å². The zero-order chi connectivity index (χ0) is 13.7. The number of benzene rings is 1. The summed E-state index contributed by atoms with van der Waals surface area (Å²) in [6.45, 7) is 6.33. The highest BCUT2D eigenvalue weighted by molar-refractivity contribution is 5.92. The van der Waals surface area contributed by atoms with Gasteiger partial charge in [-0.2, -0.15) is 0 Å². The van der Waals surface area contributed by atoms with Crippen LogP contribution in [0.2, 0.25) is 0 Å². The second-order valence-corrected chi connectivity index (χ2v) is 4.86. The third kappa shape index (κ3) is 3.81. The highest BCUT2D eigenvalue weighted by Gasteiger charge is 2.21. The Morgan fingerprint density at radius 1 is 1.39 bits per heavy atom. The van der Waals surface area contributed by atoms with E-state index in [4.69, 9.17) is 0 Å². The maximum Gasteiger partial charge on any atom is 0.229 e. The van der Waals surface area contributed by atoms with Gasteiger partial charge in [0.05, 0.1) is 5.92 Å². The van der Waals surface area contributed by atoms with Crippen LogP contribution in [0.15, 0.2) is 18.2 Å². The Balaban J connectivity index is 2.76. The molecule has 0 radical (unpaired) electrons. The SMILES string of the molecule is CNCC(C(=O)Nc1ccc(F)c(C)c1)C(C)C. The molecule has 1 atom stereocenters. The molecule has 0 bridgehead atoms. The van der Waals surface area contributed by atoms with Crippen LogP contribution in [-0.2, 0) is 4.79 Å². The van der Waals surface area contributed by atoms with Gasteiger partial charge in [0.1, 0.15) is 5.82 Å². The maximum absolute atomic E-state index is 13.1. The molecule has 0 saturated heterocycles. The van der Waals surface area contributed by atoms with E-state index in [9.17, 15) is 9.18 Å². The molecule has 0 spiro atoms. The van der Waals surface area contributed by atoms with Crippen LogP contribution in [0.25, 0.3) is 0 Å². The lowest BCUT2D eigenvalue weighted by Gasteiger charge is -2.20. The van der Waals surface area contributed by atoms with Crippen molar-refractivity contribution in [1.82, 2.24) is 5.32 Å². The molecule has 1 aromatic rings. The zero-order valence-corrected chi connectivity index (χ0v) is 11.4. The minimum Gasteiger partial charge on any atom is -0.326 e. The van der Waals surface area contributed by atoms with Crippen LogP contribution in [-0.4, -0.2) is 19.5 Å². The van der Waals surface area contributed by atoms with E-state index in [2.05, 4.69) is 10.6 Å². The molecule has 0 aromatic heterocycles. The predicted molar refractivity (Wildman–Crippen MR) is 72.0 cm³/mol. The molecule has 18 heavy (non-hydrogen) atoms. The number of aryl methyl sites for hydroxylation is 1. The molecule has 0 fully saturated rings. The number of hydrogen-bond acceptors (Lipinski definition) is 2. The summed E-state index contributed by atoms with van der Waals surface area (Å²) in [7, 11) is 1.82. The molecular formula is C14H21FN2O. The Morgan fingerprint density at radius 2 is 2.06 bits per heavy atom. The third-order valence-corrected chi connectivity index (χ3v) is 2.99. The monoisotopic (exact) mass is 252 g/mol. The van der Waals surface area contributed by atoms with Crippen molar-refractivity contribution in [2.45, 2.75) is 20.8 Å². The Morgan fingerprint density at radius 3 is 2.56 bits per heavy atom. The lowest BCUT2D eigenvalue weighted by atomic mass is 9.95. The first-order valence-corrected chi connectivity index (χ1v) is 6.17. The van der Waals surface area contributed by atoms with Crippen molar-refractivity contribution in [3.05, 3.63) is 29.6 Å². The van der Waals surface area contributed by atoms with Crippen molar-refractivity contribution in [2.75, 3.05) is 18.9 Å². The molecular weight excluding hydrogens is 231 g/mol. The Hall–Kier alpha value is -1.42. The van der Waals surface area contributed by atoms with E-state index >= 15 is 0 Å². The van der Waals surface area contributed by atoms with Crippen molar-refractivity contribution in [2.24, 2.45) is 11.8 Å². The zero-order valence-electron chi connectivity index (χ0n) is 11.4. The van der Waals surface area contributed by atoms with E-state index in [1.807, 2.05) is 20.9 Å². The maximum atomic E-state index is 13.1. The summed E-state index contributed by atoms with van der Waals surface area (Å²) in [5, 5.41) is 5.85. The first kappa shape index (κ1) is 14.6. The minimum absolute atomic E-state index is 0.0367. The van der Waals surface area contributed by atoms with Gasteiger partial charge in [0, 0.05) is 12.2 Å². The van der Waals surface area contributed by atoms with Crippen LogP contribution >= 0.6 is 0 Å². The lowest BCUT2D eigenvalue weighted by molar-refractivity contribution is -0.120. The van der Waals surface area contributed by atoms with Crippen molar-refractivity contribution in [1.29, 1.82) is 0 Å². The summed E-state index contributed by atoms with van der Waals surface area (Å²) in [5.41, 5.74) is 1.17. The molecule has 1 aromatic carbocycles. The number of amides is 1. The van der Waals surface area contributed by atoms with Crippen LogP contribution in [0.5, 0.6) is 0 Å². The van der Waals surface area contributed by atoms with E-state index in [1.54, 1.807) is 19.1 Å². The van der Waals surface area contributed by atoms with Crippen LogP contribution in [0.4, 0.5) is 10.1 Å². The molecule has 0 aliphatic rings. The van der Waals surface area contributed by atoms with Gasteiger partial charge < -0.3 is 10.6 Å². The molecule has 1 rings (SSSR count). The summed E-state index contributed by atoms with van der Waals surface area (Å²) in [4.78, 5) is 12.1. The molecule has 100 valence electrons. The first-order valence-electron chi connectivity index (χ1n) is 6.17. The summed E-state index contributed by atoms with van der Waals surface area (Å²) < 4.78 is 13.1. The normalized spacial score (nSPS) is 12.6. The fraction of sp³-hybridized carbons (Fsp3) is 0.500. The van der Waals surface area contributed by atoms with E-state index in [-0.39, 0.29) is 23.6 Å². The fourth-order valence-electron chi connectivity index (χ4n) is 1.81. The summed E-state index contributed by atoms with van der Waals surface area (Å²) >= 11 is 0. The molecule has 1 amide bonds. The first-order chi connectivity index (χ1) is 8.45. The van der Waals surface area contributed by atoms with Crippen molar-refractivity contribution in [3.8, 4) is 0 Å². The van der Waals surface area contributed by atoms with Gasteiger partial charge in [-0.05, 0) is 43.7 Å². The smallest absolute Gasteiger partial charge is 0.229 e. The van der Waals surface area contributed by atoms with Gasteiger partial charge in [-0.25, -0.2) is 4.39 Å². The van der Waals surface area contributed by atoms with Crippen LogP contribution in [0, 0.1) is 24.6 Å². The predicted octanol–water partition coefficient (Wildman–Crippen LogP) is 2.56.